The monoisotopic (exact) mass is 629 g/mol. The van der Waals surface area contributed by atoms with Crippen molar-refractivity contribution in [1.82, 2.24) is 15.0 Å². The third-order valence-electron chi connectivity index (χ3n) is 9.04. The van der Waals surface area contributed by atoms with Crippen molar-refractivity contribution in [1.29, 1.82) is 0 Å². The third kappa shape index (κ3) is 4.79. The summed E-state index contributed by atoms with van der Waals surface area (Å²) < 4.78 is 47.8. The molecule has 3 heterocycles. The first kappa shape index (κ1) is 29.6. The van der Waals surface area contributed by atoms with Crippen molar-refractivity contribution in [2.24, 2.45) is 11.8 Å². The lowest BCUT2D eigenvalue weighted by molar-refractivity contribution is -0.141. The van der Waals surface area contributed by atoms with Crippen LogP contribution in [0.3, 0.4) is 0 Å². The number of hydrogen-bond donors (Lipinski definition) is 0. The van der Waals surface area contributed by atoms with Gasteiger partial charge >= 0.3 is 5.97 Å². The standard InChI is InChI=1S/C34H35N3O9/c1-34(2,46-20-9-7-19(39-3)8-10-20)28-15-37(36-35-28)31-22-14-25-24(44-17-45-25)13-21(22)29(30-23(31)16-43-33(30)38)18-11-26(40-4)32(42-6)27(12-18)41-5/h7-15,23,29-31H,16-17H2,1-6H3/t23-,29+,30-,31+/m0/s1. The maximum atomic E-state index is 13.6. The fourth-order valence-electron chi connectivity index (χ4n) is 6.83. The van der Waals surface area contributed by atoms with Gasteiger partial charge in [-0.1, -0.05) is 5.21 Å². The van der Waals surface area contributed by atoms with E-state index >= 15 is 0 Å². The van der Waals surface area contributed by atoms with Crippen LogP contribution in [0, 0.1) is 11.8 Å². The summed E-state index contributed by atoms with van der Waals surface area (Å²) in [6.07, 6.45) is 1.88. The van der Waals surface area contributed by atoms with Crippen molar-refractivity contribution in [3.8, 4) is 40.2 Å². The number of ether oxygens (including phenoxy) is 8. The second-order valence-electron chi connectivity index (χ2n) is 11.9. The van der Waals surface area contributed by atoms with Gasteiger partial charge in [-0.3, -0.25) is 4.79 Å². The number of aromatic nitrogens is 3. The number of rotatable bonds is 9. The quantitative estimate of drug-likeness (QED) is 0.236. The number of benzene rings is 3. The zero-order valence-electron chi connectivity index (χ0n) is 26.4. The predicted octanol–water partition coefficient (Wildman–Crippen LogP) is 4.88. The largest absolute Gasteiger partial charge is 0.497 e. The molecule has 7 rings (SSSR count). The Bertz CT molecular complexity index is 1760. The summed E-state index contributed by atoms with van der Waals surface area (Å²) in [6.45, 7) is 4.19. The lowest BCUT2D eigenvalue weighted by Crippen LogP contribution is -2.37. The highest BCUT2D eigenvalue weighted by Crippen LogP contribution is 2.56. The van der Waals surface area contributed by atoms with Crippen LogP contribution in [-0.2, 0) is 15.1 Å². The Morgan fingerprint density at radius 1 is 0.826 bits per heavy atom. The SMILES string of the molecule is COc1ccc(OC(C)(C)c2cn([C@@H]3c4cc5c(cc4[C@@H](c4cc(OC)c(OC)c(OC)c4)[C@H]4C(=O)OC[C@@H]43)OCO5)nn2)cc1. The Kier molecular flexibility index (Phi) is 7.29. The summed E-state index contributed by atoms with van der Waals surface area (Å²) in [5.41, 5.74) is 2.43. The van der Waals surface area contributed by atoms with Crippen LogP contribution in [0.15, 0.2) is 54.7 Å². The molecule has 0 bridgehead atoms. The van der Waals surface area contributed by atoms with Crippen molar-refractivity contribution in [2.75, 3.05) is 41.8 Å². The van der Waals surface area contributed by atoms with Crippen LogP contribution in [0.1, 0.15) is 48.2 Å². The first-order valence-electron chi connectivity index (χ1n) is 14.9. The van der Waals surface area contributed by atoms with Crippen molar-refractivity contribution in [3.63, 3.8) is 0 Å². The van der Waals surface area contributed by atoms with Gasteiger partial charge in [-0.05, 0) is 79.1 Å². The van der Waals surface area contributed by atoms with E-state index in [-0.39, 0.29) is 25.3 Å². The van der Waals surface area contributed by atoms with Crippen LogP contribution in [0.5, 0.6) is 40.2 Å². The molecular weight excluding hydrogens is 594 g/mol. The molecule has 3 aromatic carbocycles. The molecular formula is C34H35N3O9. The van der Waals surface area contributed by atoms with Crippen LogP contribution >= 0.6 is 0 Å². The Hall–Kier alpha value is -5.13. The van der Waals surface area contributed by atoms with Gasteiger partial charge in [-0.2, -0.15) is 0 Å². The van der Waals surface area contributed by atoms with Gasteiger partial charge in [0.25, 0.3) is 0 Å². The Morgan fingerprint density at radius 2 is 1.48 bits per heavy atom. The lowest BCUT2D eigenvalue weighted by Gasteiger charge is -2.39. The maximum Gasteiger partial charge on any atom is 0.310 e. The molecule has 12 nitrogen and oxygen atoms in total. The molecule has 1 fully saturated rings. The smallest absolute Gasteiger partial charge is 0.310 e. The summed E-state index contributed by atoms with van der Waals surface area (Å²) in [6, 6.07) is 14.7. The summed E-state index contributed by atoms with van der Waals surface area (Å²) >= 11 is 0. The van der Waals surface area contributed by atoms with Crippen LogP contribution < -0.4 is 33.2 Å². The molecule has 0 N–H and O–H groups in total. The minimum Gasteiger partial charge on any atom is -0.497 e. The third-order valence-corrected chi connectivity index (χ3v) is 9.04. The van der Waals surface area contributed by atoms with Gasteiger partial charge in [0.15, 0.2) is 23.0 Å². The highest BCUT2D eigenvalue weighted by atomic mass is 16.7. The Morgan fingerprint density at radius 3 is 2.11 bits per heavy atom. The molecule has 2 aliphatic heterocycles. The minimum atomic E-state index is -0.820. The van der Waals surface area contributed by atoms with E-state index < -0.39 is 23.5 Å². The van der Waals surface area contributed by atoms with E-state index in [2.05, 4.69) is 10.3 Å². The molecule has 0 unspecified atom stereocenters. The van der Waals surface area contributed by atoms with E-state index in [4.69, 9.17) is 37.9 Å². The number of hydrogen-bond acceptors (Lipinski definition) is 11. The second-order valence-corrected chi connectivity index (χ2v) is 11.9. The molecule has 1 saturated heterocycles. The molecule has 0 spiro atoms. The molecule has 4 atom stereocenters. The van der Waals surface area contributed by atoms with Crippen LogP contribution in [0.25, 0.3) is 0 Å². The van der Waals surface area contributed by atoms with E-state index in [0.717, 1.165) is 22.4 Å². The van der Waals surface area contributed by atoms with Gasteiger partial charge in [-0.25, -0.2) is 4.68 Å². The normalized spacial score (nSPS) is 21.2. The van der Waals surface area contributed by atoms with E-state index in [1.165, 1.54) is 0 Å². The summed E-state index contributed by atoms with van der Waals surface area (Å²) in [5, 5.41) is 9.15. The molecule has 4 aromatic rings. The van der Waals surface area contributed by atoms with E-state index in [0.29, 0.717) is 40.2 Å². The van der Waals surface area contributed by atoms with Gasteiger partial charge < -0.3 is 37.9 Å². The fourth-order valence-corrected chi connectivity index (χ4v) is 6.83. The minimum absolute atomic E-state index is 0.108. The zero-order valence-corrected chi connectivity index (χ0v) is 26.4. The number of carbonyl (C=O) groups is 1. The van der Waals surface area contributed by atoms with Crippen molar-refractivity contribution >= 4 is 5.97 Å². The average molecular weight is 630 g/mol. The number of esters is 1. The van der Waals surface area contributed by atoms with Crippen LogP contribution in [-0.4, -0.2) is 62.8 Å². The summed E-state index contributed by atoms with van der Waals surface area (Å²) in [4.78, 5) is 13.6. The highest BCUT2D eigenvalue weighted by Gasteiger charge is 2.54. The number of nitrogens with zero attached hydrogens (tertiary/aromatic N) is 3. The van der Waals surface area contributed by atoms with Crippen molar-refractivity contribution in [2.45, 2.75) is 31.4 Å². The molecule has 3 aliphatic rings. The number of carbonyl (C=O) groups excluding carboxylic acids is 1. The molecule has 1 aromatic heterocycles. The molecule has 0 amide bonds. The molecule has 240 valence electrons. The average Bonchev–Trinajstić information content (AvgIpc) is 3.83. The van der Waals surface area contributed by atoms with Gasteiger partial charge in [0.2, 0.25) is 12.5 Å². The summed E-state index contributed by atoms with van der Waals surface area (Å²) in [5.74, 6) is 2.56. The van der Waals surface area contributed by atoms with E-state index in [1.54, 1.807) is 33.1 Å². The molecule has 0 radical (unpaired) electrons. The number of cyclic esters (lactones) is 1. The van der Waals surface area contributed by atoms with Crippen LogP contribution in [0.2, 0.25) is 0 Å². The summed E-state index contributed by atoms with van der Waals surface area (Å²) in [7, 11) is 6.31. The van der Waals surface area contributed by atoms with E-state index in [1.807, 2.05) is 68.6 Å². The first-order chi connectivity index (χ1) is 22.3. The van der Waals surface area contributed by atoms with Gasteiger partial charge in [0, 0.05) is 11.8 Å². The Labute approximate surface area is 266 Å². The topological polar surface area (TPSA) is 122 Å². The first-order valence-corrected chi connectivity index (χ1v) is 14.9. The van der Waals surface area contributed by atoms with Crippen molar-refractivity contribution < 1.29 is 42.7 Å². The number of methoxy groups -OCH3 is 4. The molecule has 1 aliphatic carbocycles. The molecule has 46 heavy (non-hydrogen) atoms. The highest BCUT2D eigenvalue weighted by molar-refractivity contribution is 5.79. The van der Waals surface area contributed by atoms with Gasteiger partial charge in [0.1, 0.15) is 22.8 Å². The van der Waals surface area contributed by atoms with Crippen LogP contribution in [0.4, 0.5) is 0 Å². The zero-order chi connectivity index (χ0) is 32.2. The molecule has 0 saturated carbocycles. The van der Waals surface area contributed by atoms with E-state index in [9.17, 15) is 4.79 Å². The Balaban J connectivity index is 1.34. The predicted molar refractivity (Wildman–Crippen MR) is 163 cm³/mol. The second kappa shape index (κ2) is 11.3. The maximum absolute atomic E-state index is 13.6. The van der Waals surface area contributed by atoms with Gasteiger partial charge in [-0.15, -0.1) is 5.10 Å². The molecule has 12 heteroatoms. The van der Waals surface area contributed by atoms with Gasteiger partial charge in [0.05, 0.1) is 53.2 Å². The van der Waals surface area contributed by atoms with Crippen molar-refractivity contribution in [3.05, 3.63) is 77.1 Å². The number of fused-ring (bicyclic) bond motifs is 3. The lowest BCUT2D eigenvalue weighted by atomic mass is 9.65. The fraction of sp³-hybridized carbons (Fsp3) is 0.382.